The fourth-order valence-corrected chi connectivity index (χ4v) is 2.49. The first kappa shape index (κ1) is 17.4. The number of carbonyl (C=O) groups excluding carboxylic acids is 1. The largest absolute Gasteiger partial charge is 0.374 e. The number of hydrogen-bond acceptors (Lipinski definition) is 4. The number of amides is 1. The molecular weight excluding hydrogens is 254 g/mol. The summed E-state index contributed by atoms with van der Waals surface area (Å²) in [6.07, 6.45) is 4.74. The Morgan fingerprint density at radius 3 is 2.85 bits per heavy atom. The molecule has 1 fully saturated rings. The lowest BCUT2D eigenvalue weighted by molar-refractivity contribution is -0.125. The summed E-state index contributed by atoms with van der Waals surface area (Å²) in [4.78, 5) is 14.1. The van der Waals surface area contributed by atoms with Crippen molar-refractivity contribution in [2.75, 3.05) is 26.2 Å². The van der Waals surface area contributed by atoms with Crippen LogP contribution in [0.15, 0.2) is 0 Å². The van der Waals surface area contributed by atoms with E-state index in [-0.39, 0.29) is 24.1 Å². The van der Waals surface area contributed by atoms with Crippen LogP contribution in [-0.4, -0.2) is 55.2 Å². The molecule has 0 aromatic rings. The number of unbranched alkanes of at least 4 members (excludes halogenated alkanes) is 2. The third-order valence-electron chi connectivity index (χ3n) is 3.78. The predicted molar refractivity (Wildman–Crippen MR) is 81.6 cm³/mol. The zero-order valence-electron chi connectivity index (χ0n) is 13.2. The second-order valence-electron chi connectivity index (χ2n) is 5.97. The minimum Gasteiger partial charge on any atom is -0.374 e. The standard InChI is InChI=1S/C15H31N3O2/c1-4-5-6-7-12(2)17-15(19)11-18-8-9-20-14(10-18)13(3)16/h12-14H,4-11,16H2,1-3H3,(H,17,19). The quantitative estimate of drug-likeness (QED) is 0.656. The van der Waals surface area contributed by atoms with E-state index in [0.29, 0.717) is 13.2 Å². The van der Waals surface area contributed by atoms with E-state index in [1.165, 1.54) is 19.3 Å². The van der Waals surface area contributed by atoms with Gasteiger partial charge in [0.15, 0.2) is 0 Å². The molecule has 3 unspecified atom stereocenters. The lowest BCUT2D eigenvalue weighted by Crippen LogP contribution is -2.52. The first-order valence-electron chi connectivity index (χ1n) is 7.91. The van der Waals surface area contributed by atoms with E-state index >= 15 is 0 Å². The van der Waals surface area contributed by atoms with Crippen molar-refractivity contribution in [2.45, 2.75) is 64.6 Å². The normalized spacial score (nSPS) is 23.3. The van der Waals surface area contributed by atoms with Gasteiger partial charge in [0.2, 0.25) is 5.91 Å². The summed E-state index contributed by atoms with van der Waals surface area (Å²) in [7, 11) is 0. The van der Waals surface area contributed by atoms with E-state index in [1.54, 1.807) is 0 Å². The van der Waals surface area contributed by atoms with Crippen LogP contribution in [0.4, 0.5) is 0 Å². The molecule has 1 heterocycles. The topological polar surface area (TPSA) is 67.6 Å². The first-order chi connectivity index (χ1) is 9.52. The summed E-state index contributed by atoms with van der Waals surface area (Å²) in [5.74, 6) is 0.110. The van der Waals surface area contributed by atoms with E-state index in [2.05, 4.69) is 24.1 Å². The zero-order chi connectivity index (χ0) is 15.0. The van der Waals surface area contributed by atoms with Crippen LogP contribution in [-0.2, 0) is 9.53 Å². The highest BCUT2D eigenvalue weighted by Gasteiger charge is 2.24. The Bertz CT molecular complexity index is 284. The Morgan fingerprint density at radius 1 is 1.45 bits per heavy atom. The average Bonchev–Trinajstić information content (AvgIpc) is 2.39. The minimum atomic E-state index is 0.00817. The molecule has 1 aliphatic heterocycles. The van der Waals surface area contributed by atoms with Crippen LogP contribution in [0.3, 0.4) is 0 Å². The van der Waals surface area contributed by atoms with Gasteiger partial charge < -0.3 is 15.8 Å². The van der Waals surface area contributed by atoms with Gasteiger partial charge in [0, 0.05) is 25.2 Å². The smallest absolute Gasteiger partial charge is 0.234 e. The number of nitrogens with two attached hydrogens (primary N) is 1. The maximum atomic E-state index is 12.0. The molecule has 0 bridgehead atoms. The second kappa shape index (κ2) is 9.32. The molecule has 0 saturated carbocycles. The van der Waals surface area contributed by atoms with Crippen molar-refractivity contribution >= 4 is 5.91 Å². The third kappa shape index (κ3) is 6.68. The summed E-state index contributed by atoms with van der Waals surface area (Å²) in [5, 5.41) is 3.08. The Morgan fingerprint density at radius 2 is 2.20 bits per heavy atom. The molecule has 1 aliphatic rings. The van der Waals surface area contributed by atoms with E-state index in [1.807, 2.05) is 6.92 Å². The van der Waals surface area contributed by atoms with Crippen LogP contribution >= 0.6 is 0 Å². The van der Waals surface area contributed by atoms with Gasteiger partial charge in [-0.1, -0.05) is 26.2 Å². The van der Waals surface area contributed by atoms with Crippen molar-refractivity contribution in [1.29, 1.82) is 0 Å². The first-order valence-corrected chi connectivity index (χ1v) is 7.91. The van der Waals surface area contributed by atoms with Crippen molar-refractivity contribution in [1.82, 2.24) is 10.2 Å². The SMILES string of the molecule is CCCCCC(C)NC(=O)CN1CCOC(C(C)N)C1. The van der Waals surface area contributed by atoms with E-state index < -0.39 is 0 Å². The molecule has 5 heteroatoms. The van der Waals surface area contributed by atoms with Crippen LogP contribution in [0.2, 0.25) is 0 Å². The van der Waals surface area contributed by atoms with E-state index in [4.69, 9.17) is 10.5 Å². The minimum absolute atomic E-state index is 0.00817. The van der Waals surface area contributed by atoms with Crippen LogP contribution in [0.25, 0.3) is 0 Å². The van der Waals surface area contributed by atoms with Crippen molar-refractivity contribution in [3.63, 3.8) is 0 Å². The number of hydrogen-bond donors (Lipinski definition) is 2. The molecule has 3 atom stereocenters. The molecule has 0 radical (unpaired) electrons. The molecule has 118 valence electrons. The molecule has 0 spiro atoms. The molecule has 0 aromatic heterocycles. The number of nitrogens with zero attached hydrogens (tertiary/aromatic N) is 1. The van der Waals surface area contributed by atoms with Crippen LogP contribution in [0.5, 0.6) is 0 Å². The van der Waals surface area contributed by atoms with Gasteiger partial charge in [-0.2, -0.15) is 0 Å². The lowest BCUT2D eigenvalue weighted by atomic mass is 10.1. The van der Waals surface area contributed by atoms with Gasteiger partial charge >= 0.3 is 0 Å². The van der Waals surface area contributed by atoms with Crippen LogP contribution < -0.4 is 11.1 Å². The molecule has 1 saturated heterocycles. The van der Waals surface area contributed by atoms with Gasteiger partial charge in [-0.3, -0.25) is 9.69 Å². The van der Waals surface area contributed by atoms with Crippen LogP contribution in [0, 0.1) is 0 Å². The summed E-state index contributed by atoms with van der Waals surface area (Å²) < 4.78 is 5.60. The zero-order valence-corrected chi connectivity index (χ0v) is 13.2. The number of nitrogens with one attached hydrogen (secondary N) is 1. The Hall–Kier alpha value is -0.650. The monoisotopic (exact) mass is 285 g/mol. The maximum absolute atomic E-state index is 12.0. The van der Waals surface area contributed by atoms with Gasteiger partial charge in [0.05, 0.1) is 19.3 Å². The van der Waals surface area contributed by atoms with Crippen molar-refractivity contribution in [3.05, 3.63) is 0 Å². The molecule has 20 heavy (non-hydrogen) atoms. The van der Waals surface area contributed by atoms with Gasteiger partial charge in [0.25, 0.3) is 0 Å². The highest BCUT2D eigenvalue weighted by molar-refractivity contribution is 5.78. The molecule has 3 N–H and O–H groups in total. The average molecular weight is 285 g/mol. The number of rotatable bonds is 8. The summed E-state index contributed by atoms with van der Waals surface area (Å²) >= 11 is 0. The van der Waals surface area contributed by atoms with Gasteiger partial charge in [-0.25, -0.2) is 0 Å². The van der Waals surface area contributed by atoms with Crippen molar-refractivity contribution in [3.8, 4) is 0 Å². The predicted octanol–water partition coefficient (Wildman–Crippen LogP) is 1.12. The summed E-state index contributed by atoms with van der Waals surface area (Å²) in [5.41, 5.74) is 5.86. The third-order valence-corrected chi connectivity index (χ3v) is 3.78. The Kier molecular flexibility index (Phi) is 8.11. The van der Waals surface area contributed by atoms with Gasteiger partial charge in [-0.15, -0.1) is 0 Å². The van der Waals surface area contributed by atoms with Crippen molar-refractivity contribution in [2.24, 2.45) is 5.73 Å². The van der Waals surface area contributed by atoms with E-state index in [0.717, 1.165) is 19.5 Å². The van der Waals surface area contributed by atoms with Crippen LogP contribution in [0.1, 0.15) is 46.5 Å². The molecule has 1 amide bonds. The second-order valence-corrected chi connectivity index (χ2v) is 5.97. The summed E-state index contributed by atoms with van der Waals surface area (Å²) in [6, 6.07) is 0.271. The Labute approximate surface area is 123 Å². The molecule has 5 nitrogen and oxygen atoms in total. The number of carbonyl (C=O) groups is 1. The molecule has 0 aromatic carbocycles. The molecular formula is C15H31N3O2. The van der Waals surface area contributed by atoms with Crippen molar-refractivity contribution < 1.29 is 9.53 Å². The fraction of sp³-hybridized carbons (Fsp3) is 0.933. The van der Waals surface area contributed by atoms with Gasteiger partial charge in [0.1, 0.15) is 0 Å². The maximum Gasteiger partial charge on any atom is 0.234 e. The summed E-state index contributed by atoms with van der Waals surface area (Å²) in [6.45, 7) is 8.88. The Balaban J connectivity index is 2.24. The van der Waals surface area contributed by atoms with Gasteiger partial charge in [-0.05, 0) is 20.3 Å². The highest BCUT2D eigenvalue weighted by atomic mass is 16.5. The highest BCUT2D eigenvalue weighted by Crippen LogP contribution is 2.08. The fourth-order valence-electron chi connectivity index (χ4n) is 2.49. The molecule has 0 aliphatic carbocycles. The number of ether oxygens (including phenoxy) is 1. The molecule has 1 rings (SSSR count). The number of morpholine rings is 1. The van der Waals surface area contributed by atoms with E-state index in [9.17, 15) is 4.79 Å². The lowest BCUT2D eigenvalue weighted by Gasteiger charge is -2.34.